The van der Waals surface area contributed by atoms with E-state index in [0.29, 0.717) is 16.7 Å². The van der Waals surface area contributed by atoms with Crippen molar-refractivity contribution >= 4 is 25.5 Å². The smallest absolute Gasteiger partial charge is 0.371 e. The molecule has 2 aliphatic heterocycles. The van der Waals surface area contributed by atoms with Crippen LogP contribution >= 0.6 is 7.82 Å². The Hall–Kier alpha value is -3.29. The molecule has 0 aromatic heterocycles. The predicted octanol–water partition coefficient (Wildman–Crippen LogP) is 3.94. The van der Waals surface area contributed by atoms with Gasteiger partial charge in [-0.05, 0) is 73.6 Å². The highest BCUT2D eigenvalue weighted by Crippen LogP contribution is 2.57. The van der Waals surface area contributed by atoms with Gasteiger partial charge >= 0.3 is 13.7 Å². The summed E-state index contributed by atoms with van der Waals surface area (Å²) in [5.74, 6) is -6.99. The SMILES string of the molecule is O=C1CCC(N2Cc3cc(CNC(=O)C(F)(F)c4ccc(F)cc4)ccc3C2=O)C(O)N1COP(=O)(OC1CC1)OC1CC1. The van der Waals surface area contributed by atoms with Crippen LogP contribution in [0.3, 0.4) is 0 Å². The van der Waals surface area contributed by atoms with Gasteiger partial charge in [-0.2, -0.15) is 8.78 Å². The number of nitrogens with zero attached hydrogens (tertiary/aromatic N) is 2. The molecule has 4 aliphatic rings. The number of benzene rings is 2. The van der Waals surface area contributed by atoms with E-state index in [1.54, 1.807) is 6.07 Å². The lowest BCUT2D eigenvalue weighted by atomic mass is 10.0. The van der Waals surface area contributed by atoms with E-state index in [1.807, 2.05) is 0 Å². The lowest BCUT2D eigenvalue weighted by Gasteiger charge is -2.41. The number of carbonyl (C=O) groups excluding carboxylic acids is 3. The predicted molar refractivity (Wildman–Crippen MR) is 146 cm³/mol. The molecule has 2 heterocycles. The lowest BCUT2D eigenvalue weighted by molar-refractivity contribution is -0.162. The van der Waals surface area contributed by atoms with Gasteiger partial charge in [-0.15, -0.1) is 0 Å². The normalized spacial score (nSPS) is 22.4. The Balaban J connectivity index is 1.08. The van der Waals surface area contributed by atoms with E-state index in [9.17, 15) is 37.2 Å². The van der Waals surface area contributed by atoms with Crippen molar-refractivity contribution in [2.75, 3.05) is 6.73 Å². The molecule has 3 amide bonds. The molecule has 11 nitrogen and oxygen atoms in total. The Morgan fingerprint density at radius 1 is 1.02 bits per heavy atom. The van der Waals surface area contributed by atoms with Crippen molar-refractivity contribution in [1.82, 2.24) is 15.1 Å². The second-order valence-corrected chi connectivity index (χ2v) is 13.0. The van der Waals surface area contributed by atoms with Crippen LogP contribution in [0.25, 0.3) is 0 Å². The number of aliphatic hydroxyl groups is 1. The number of piperidine rings is 1. The van der Waals surface area contributed by atoms with Crippen molar-refractivity contribution in [3.05, 3.63) is 70.5 Å². The van der Waals surface area contributed by atoms with Crippen molar-refractivity contribution in [3.63, 3.8) is 0 Å². The number of aliphatic hydroxyl groups excluding tert-OH is 1. The first-order valence-electron chi connectivity index (χ1n) is 14.4. The molecule has 0 radical (unpaired) electrons. The summed E-state index contributed by atoms with van der Waals surface area (Å²) in [6.45, 7) is -0.732. The summed E-state index contributed by atoms with van der Waals surface area (Å²) < 4.78 is 71.8. The Morgan fingerprint density at radius 3 is 2.32 bits per heavy atom. The van der Waals surface area contributed by atoms with Gasteiger partial charge in [-0.1, -0.05) is 12.1 Å². The van der Waals surface area contributed by atoms with E-state index < -0.39 is 61.8 Å². The van der Waals surface area contributed by atoms with E-state index in [1.165, 1.54) is 17.0 Å². The van der Waals surface area contributed by atoms with Gasteiger partial charge in [-0.3, -0.25) is 32.9 Å². The molecule has 15 heteroatoms. The summed E-state index contributed by atoms with van der Waals surface area (Å²) >= 11 is 0. The molecule has 44 heavy (non-hydrogen) atoms. The second kappa shape index (κ2) is 11.9. The van der Waals surface area contributed by atoms with Crippen LogP contribution in [-0.4, -0.2) is 63.8 Å². The van der Waals surface area contributed by atoms with Crippen LogP contribution in [0.2, 0.25) is 0 Å². The van der Waals surface area contributed by atoms with Gasteiger partial charge in [0.05, 0.1) is 18.2 Å². The van der Waals surface area contributed by atoms with Crippen LogP contribution in [0.15, 0.2) is 42.5 Å². The summed E-state index contributed by atoms with van der Waals surface area (Å²) in [6.07, 6.45) is 1.14. The molecule has 2 saturated carbocycles. The molecule has 0 bridgehead atoms. The number of phosphoric acid groups is 1. The average Bonchev–Trinajstić information content (AvgIpc) is 3.93. The summed E-state index contributed by atoms with van der Waals surface area (Å²) in [5.41, 5.74) is 0.699. The van der Waals surface area contributed by atoms with Gasteiger partial charge in [0, 0.05) is 30.6 Å². The van der Waals surface area contributed by atoms with Crippen LogP contribution in [0.1, 0.15) is 65.6 Å². The Bertz CT molecular complexity index is 1480. The minimum absolute atomic E-state index is 0.00201. The number of hydrogen-bond donors (Lipinski definition) is 2. The fourth-order valence-electron chi connectivity index (χ4n) is 5.17. The monoisotopic (exact) mass is 637 g/mol. The van der Waals surface area contributed by atoms with Gasteiger partial charge in [0.1, 0.15) is 12.5 Å². The van der Waals surface area contributed by atoms with E-state index in [4.69, 9.17) is 13.6 Å². The number of amides is 3. The molecule has 2 atom stereocenters. The Kier molecular flexibility index (Phi) is 8.31. The van der Waals surface area contributed by atoms with Crippen molar-refractivity contribution in [2.45, 2.75) is 82.0 Å². The number of fused-ring (bicyclic) bond motifs is 1. The zero-order chi connectivity index (χ0) is 31.2. The summed E-state index contributed by atoms with van der Waals surface area (Å²) in [7, 11) is -3.96. The van der Waals surface area contributed by atoms with Crippen molar-refractivity contribution in [1.29, 1.82) is 0 Å². The third kappa shape index (κ3) is 6.54. The second-order valence-electron chi connectivity index (χ2n) is 11.4. The first-order chi connectivity index (χ1) is 20.9. The first kappa shape index (κ1) is 30.7. The summed E-state index contributed by atoms with van der Waals surface area (Å²) in [6, 6.07) is 7.20. The summed E-state index contributed by atoms with van der Waals surface area (Å²) in [5, 5.41) is 13.3. The van der Waals surface area contributed by atoms with Crippen molar-refractivity contribution in [3.8, 4) is 0 Å². The molecule has 2 aromatic carbocycles. The number of alkyl halides is 2. The molecule has 236 valence electrons. The van der Waals surface area contributed by atoms with Crippen molar-refractivity contribution < 1.29 is 50.8 Å². The van der Waals surface area contributed by atoms with Gasteiger partial charge in [0.15, 0.2) is 6.23 Å². The molecule has 2 aromatic rings. The highest BCUT2D eigenvalue weighted by Gasteiger charge is 2.46. The minimum atomic E-state index is -3.96. The zero-order valence-electron chi connectivity index (χ0n) is 23.5. The van der Waals surface area contributed by atoms with Crippen LogP contribution < -0.4 is 5.32 Å². The molecule has 6 rings (SSSR count). The number of phosphoric ester groups is 1. The first-order valence-corrected chi connectivity index (χ1v) is 15.8. The number of carbonyl (C=O) groups is 3. The third-order valence-electron chi connectivity index (χ3n) is 7.94. The largest absolute Gasteiger partial charge is 0.477 e. The molecule has 2 aliphatic carbocycles. The van der Waals surface area contributed by atoms with Crippen molar-refractivity contribution in [2.24, 2.45) is 0 Å². The molecule has 3 fully saturated rings. The highest BCUT2D eigenvalue weighted by molar-refractivity contribution is 7.48. The zero-order valence-corrected chi connectivity index (χ0v) is 24.4. The van der Waals surface area contributed by atoms with Gasteiger partial charge in [0.2, 0.25) is 5.91 Å². The third-order valence-corrected chi connectivity index (χ3v) is 9.49. The molecular formula is C29H31F3N3O8P. The summed E-state index contributed by atoms with van der Waals surface area (Å²) in [4.78, 5) is 40.7. The average molecular weight is 638 g/mol. The van der Waals surface area contributed by atoms with E-state index in [0.717, 1.165) is 54.8 Å². The molecule has 1 saturated heterocycles. The van der Waals surface area contributed by atoms with E-state index >= 15 is 0 Å². The van der Waals surface area contributed by atoms with Crippen LogP contribution in [-0.2, 0) is 46.7 Å². The maximum Gasteiger partial charge on any atom is 0.477 e. The quantitative estimate of drug-likeness (QED) is 0.335. The fraction of sp³-hybridized carbons (Fsp3) is 0.483. The van der Waals surface area contributed by atoms with Crippen LogP contribution in [0.4, 0.5) is 13.2 Å². The van der Waals surface area contributed by atoms with Crippen LogP contribution in [0.5, 0.6) is 0 Å². The van der Waals surface area contributed by atoms with E-state index in [-0.39, 0.29) is 38.1 Å². The molecule has 0 spiro atoms. The number of halogens is 3. The van der Waals surface area contributed by atoms with E-state index in [2.05, 4.69) is 5.32 Å². The number of likely N-dealkylation sites (tertiary alicyclic amines) is 1. The Morgan fingerprint density at radius 2 is 1.68 bits per heavy atom. The number of nitrogens with one attached hydrogen (secondary N) is 1. The standard InChI is InChI=1S/C29H31F3N3O8P/c30-20-4-2-19(3-5-20)29(31,32)28(39)33-14-17-1-10-23-18(13-17)15-34(26(23)37)24-11-12-25(36)35(27(24)38)16-41-44(40,42-21-6-7-21)43-22-8-9-22/h1-5,10,13,21-22,24,27,38H,6-9,11-12,14-16H2,(H,33,39). The topological polar surface area (TPSA) is 135 Å². The maximum absolute atomic E-state index is 14.6. The van der Waals surface area contributed by atoms with Gasteiger partial charge in [-0.25, -0.2) is 8.96 Å². The molecule has 2 N–H and O–H groups in total. The fourth-order valence-corrected chi connectivity index (χ4v) is 6.76. The highest BCUT2D eigenvalue weighted by atomic mass is 31.2. The number of hydrogen-bond acceptors (Lipinski definition) is 8. The minimum Gasteiger partial charge on any atom is -0.371 e. The molecular weight excluding hydrogens is 606 g/mol. The maximum atomic E-state index is 14.6. The lowest BCUT2D eigenvalue weighted by Crippen LogP contribution is -2.57. The Labute approximate surface area is 250 Å². The molecule has 2 unspecified atom stereocenters. The number of rotatable bonds is 12. The van der Waals surface area contributed by atoms with Crippen LogP contribution in [0, 0.1) is 5.82 Å². The van der Waals surface area contributed by atoms with Gasteiger partial charge < -0.3 is 15.3 Å². The van der Waals surface area contributed by atoms with Gasteiger partial charge in [0.25, 0.3) is 11.8 Å².